The Hall–Kier alpha value is -1.84. The molecular formula is C23H34N8O. The second-order valence-corrected chi connectivity index (χ2v) is 10.8. The lowest BCUT2D eigenvalue weighted by Gasteiger charge is -2.21. The van der Waals surface area contributed by atoms with Crippen molar-refractivity contribution in [3.8, 4) is 0 Å². The highest BCUT2D eigenvalue weighted by Crippen LogP contribution is 2.46. The van der Waals surface area contributed by atoms with Gasteiger partial charge in [-0.1, -0.05) is 0 Å². The van der Waals surface area contributed by atoms with Crippen molar-refractivity contribution >= 4 is 0 Å². The molecule has 4 aliphatic carbocycles. The molecule has 0 unspecified atom stereocenters. The minimum Gasteiger partial charge on any atom is -0.390 e. The molecule has 7 rings (SSSR count). The second-order valence-electron chi connectivity index (χ2n) is 10.8. The Labute approximate surface area is 188 Å². The number of rotatable bonds is 8. The van der Waals surface area contributed by atoms with E-state index in [2.05, 4.69) is 39.3 Å². The molecule has 2 aromatic heterocycles. The summed E-state index contributed by atoms with van der Waals surface area (Å²) in [7, 11) is 0. The Morgan fingerprint density at radius 2 is 1.06 bits per heavy atom. The topological polar surface area (TPSA) is 88.1 Å². The predicted octanol–water partition coefficient (Wildman–Crippen LogP) is 1.97. The molecular weight excluding hydrogens is 404 g/mol. The summed E-state index contributed by atoms with van der Waals surface area (Å²) >= 11 is 0. The highest BCUT2D eigenvalue weighted by Gasteiger charge is 2.38. The van der Waals surface area contributed by atoms with Crippen LogP contribution < -0.4 is 0 Å². The molecule has 9 heteroatoms. The maximum atomic E-state index is 10.8. The third kappa shape index (κ3) is 3.88. The van der Waals surface area contributed by atoms with Crippen LogP contribution in [0.4, 0.5) is 0 Å². The van der Waals surface area contributed by atoms with Gasteiger partial charge in [-0.2, -0.15) is 0 Å². The predicted molar refractivity (Wildman–Crippen MR) is 117 cm³/mol. The van der Waals surface area contributed by atoms with Crippen LogP contribution in [-0.2, 0) is 13.1 Å². The Morgan fingerprint density at radius 1 is 0.625 bits per heavy atom. The monoisotopic (exact) mass is 438 g/mol. The van der Waals surface area contributed by atoms with Gasteiger partial charge in [-0.05, 0) is 51.4 Å². The summed E-state index contributed by atoms with van der Waals surface area (Å²) in [6.07, 6.45) is 9.70. The number of aromatic nitrogens is 6. The van der Waals surface area contributed by atoms with Crippen LogP contribution in [0, 0.1) is 0 Å². The van der Waals surface area contributed by atoms with E-state index < -0.39 is 0 Å². The molecule has 1 N–H and O–H groups in total. The average Bonchev–Trinajstić information content (AvgIpc) is 3.59. The zero-order valence-corrected chi connectivity index (χ0v) is 18.8. The van der Waals surface area contributed by atoms with Gasteiger partial charge in [0.15, 0.2) is 0 Å². The van der Waals surface area contributed by atoms with Crippen LogP contribution in [0.3, 0.4) is 0 Å². The van der Waals surface area contributed by atoms with Gasteiger partial charge in [0.05, 0.1) is 19.2 Å². The number of aliphatic hydroxyl groups is 1. The number of β-amino-alcohol motifs (C(OH)–C–C–N with tert-alkyl or cyclic N) is 1. The third-order valence-corrected chi connectivity index (χ3v) is 7.70. The summed E-state index contributed by atoms with van der Waals surface area (Å²) in [6, 6.07) is 1.22. The molecule has 5 fully saturated rings. The molecule has 2 aromatic rings. The van der Waals surface area contributed by atoms with Crippen molar-refractivity contribution in [2.45, 2.75) is 94.5 Å². The van der Waals surface area contributed by atoms with E-state index in [9.17, 15) is 5.11 Å². The molecule has 1 saturated heterocycles. The van der Waals surface area contributed by atoms with Gasteiger partial charge >= 0.3 is 0 Å². The molecule has 0 amide bonds. The number of hydrogen-bond donors (Lipinski definition) is 1. The molecule has 1 aliphatic heterocycles. The smallest absolute Gasteiger partial charge is 0.147 e. The summed E-state index contributed by atoms with van der Waals surface area (Å²) in [5.41, 5.74) is 0. The second kappa shape index (κ2) is 7.60. The van der Waals surface area contributed by atoms with Crippen molar-refractivity contribution < 1.29 is 5.11 Å². The summed E-state index contributed by atoms with van der Waals surface area (Å²) < 4.78 is 4.87. The SMILES string of the molecule is OC1CN(Cc2nnc(C3CC3)n2C2CC2)CCN(Cc2nnc(C3CC3)n2C2CC2)C1. The minimum atomic E-state index is -0.363. The molecule has 0 atom stereocenters. The maximum Gasteiger partial charge on any atom is 0.147 e. The van der Waals surface area contributed by atoms with Gasteiger partial charge < -0.3 is 14.2 Å². The average molecular weight is 439 g/mol. The summed E-state index contributed by atoms with van der Waals surface area (Å²) in [4.78, 5) is 4.73. The summed E-state index contributed by atoms with van der Waals surface area (Å²) in [5.74, 6) is 5.88. The molecule has 32 heavy (non-hydrogen) atoms. The first kappa shape index (κ1) is 19.6. The van der Waals surface area contributed by atoms with E-state index in [1.807, 2.05) is 0 Å². The third-order valence-electron chi connectivity index (χ3n) is 7.70. The van der Waals surface area contributed by atoms with Crippen molar-refractivity contribution in [2.24, 2.45) is 0 Å². The molecule has 5 aliphatic rings. The summed E-state index contributed by atoms with van der Waals surface area (Å²) in [6.45, 7) is 4.81. The highest BCUT2D eigenvalue weighted by atomic mass is 16.3. The van der Waals surface area contributed by atoms with E-state index in [-0.39, 0.29) is 6.10 Å². The molecule has 172 valence electrons. The normalized spacial score (nSPS) is 26.0. The van der Waals surface area contributed by atoms with Crippen molar-refractivity contribution in [3.63, 3.8) is 0 Å². The first-order valence-corrected chi connectivity index (χ1v) is 12.7. The number of aliphatic hydroxyl groups excluding tert-OH is 1. The van der Waals surface area contributed by atoms with Gasteiger partial charge in [-0.3, -0.25) is 9.80 Å². The molecule has 9 nitrogen and oxygen atoms in total. The van der Waals surface area contributed by atoms with Crippen molar-refractivity contribution in [2.75, 3.05) is 26.2 Å². The molecule has 0 radical (unpaired) electrons. The van der Waals surface area contributed by atoms with Crippen LogP contribution in [0.25, 0.3) is 0 Å². The first-order valence-electron chi connectivity index (χ1n) is 12.7. The van der Waals surface area contributed by atoms with E-state index in [0.717, 1.165) is 37.8 Å². The van der Waals surface area contributed by atoms with E-state index in [1.165, 1.54) is 63.0 Å². The van der Waals surface area contributed by atoms with E-state index in [4.69, 9.17) is 0 Å². The number of nitrogens with zero attached hydrogens (tertiary/aromatic N) is 8. The zero-order valence-electron chi connectivity index (χ0n) is 18.8. The highest BCUT2D eigenvalue weighted by molar-refractivity contribution is 5.13. The molecule has 0 spiro atoms. The quantitative estimate of drug-likeness (QED) is 0.674. The largest absolute Gasteiger partial charge is 0.390 e. The van der Waals surface area contributed by atoms with Gasteiger partial charge in [0.1, 0.15) is 23.3 Å². The van der Waals surface area contributed by atoms with Gasteiger partial charge in [-0.15, -0.1) is 20.4 Å². The van der Waals surface area contributed by atoms with E-state index >= 15 is 0 Å². The van der Waals surface area contributed by atoms with Crippen LogP contribution in [0.5, 0.6) is 0 Å². The van der Waals surface area contributed by atoms with Crippen LogP contribution in [0.1, 0.15) is 98.6 Å². The van der Waals surface area contributed by atoms with E-state index in [0.29, 0.717) is 37.0 Å². The van der Waals surface area contributed by atoms with Crippen LogP contribution >= 0.6 is 0 Å². The Kier molecular flexibility index (Phi) is 4.66. The van der Waals surface area contributed by atoms with Gasteiger partial charge in [0, 0.05) is 50.1 Å². The molecule has 0 aromatic carbocycles. The zero-order chi connectivity index (χ0) is 21.2. The van der Waals surface area contributed by atoms with Crippen molar-refractivity contribution in [3.05, 3.63) is 23.3 Å². The first-order chi connectivity index (χ1) is 15.7. The maximum absolute atomic E-state index is 10.8. The van der Waals surface area contributed by atoms with Gasteiger partial charge in [0.2, 0.25) is 0 Å². The van der Waals surface area contributed by atoms with Crippen LogP contribution in [0.15, 0.2) is 0 Å². The van der Waals surface area contributed by atoms with Crippen LogP contribution in [-0.4, -0.2) is 76.7 Å². The Morgan fingerprint density at radius 3 is 1.44 bits per heavy atom. The fraction of sp³-hybridized carbons (Fsp3) is 0.826. The Balaban J connectivity index is 1.04. The lowest BCUT2D eigenvalue weighted by Crippen LogP contribution is -2.34. The molecule has 0 bridgehead atoms. The molecule has 4 saturated carbocycles. The number of hydrogen-bond acceptors (Lipinski definition) is 7. The van der Waals surface area contributed by atoms with E-state index in [1.54, 1.807) is 0 Å². The lowest BCUT2D eigenvalue weighted by atomic mass is 10.3. The molecule has 3 heterocycles. The standard InChI is InChI=1S/C23H34N8O/c32-19-11-28(13-20-24-26-22(15-1-2-15)30(20)17-5-6-17)9-10-29(12-19)14-21-25-27-23(16-3-4-16)31(21)18-7-8-18/h15-19,32H,1-14H2. The fourth-order valence-electron chi connectivity index (χ4n) is 5.40. The summed E-state index contributed by atoms with van der Waals surface area (Å²) in [5, 5.41) is 29.1. The van der Waals surface area contributed by atoms with Crippen LogP contribution in [0.2, 0.25) is 0 Å². The van der Waals surface area contributed by atoms with Gasteiger partial charge in [-0.25, -0.2) is 0 Å². The minimum absolute atomic E-state index is 0.363. The van der Waals surface area contributed by atoms with Crippen molar-refractivity contribution in [1.29, 1.82) is 0 Å². The van der Waals surface area contributed by atoms with Crippen molar-refractivity contribution in [1.82, 2.24) is 39.3 Å². The Bertz CT molecular complexity index is 906. The van der Waals surface area contributed by atoms with Gasteiger partial charge in [0.25, 0.3) is 0 Å². The fourth-order valence-corrected chi connectivity index (χ4v) is 5.40. The lowest BCUT2D eigenvalue weighted by molar-refractivity contribution is 0.104.